The summed E-state index contributed by atoms with van der Waals surface area (Å²) in [6.07, 6.45) is 0. The quantitative estimate of drug-likeness (QED) is 0.839. The smallest absolute Gasteiger partial charge is 0.222 e. The number of halogens is 1. The average molecular weight is 235 g/mol. The molecule has 0 aliphatic carbocycles. The Morgan fingerprint density at radius 3 is 2.69 bits per heavy atom. The number of hydrogen-bond donors (Lipinski definition) is 2. The fourth-order valence-electron chi connectivity index (χ4n) is 1.36. The largest absolute Gasteiger partial charge is 0.368 e. The lowest BCUT2D eigenvalue weighted by Crippen LogP contribution is -2.01. The molecule has 1 aromatic carbocycles. The highest BCUT2D eigenvalue weighted by Crippen LogP contribution is 2.24. The summed E-state index contributed by atoms with van der Waals surface area (Å²) < 4.78 is 0. The van der Waals surface area contributed by atoms with E-state index >= 15 is 0 Å². The van der Waals surface area contributed by atoms with Crippen molar-refractivity contribution in [2.45, 2.75) is 6.92 Å². The van der Waals surface area contributed by atoms with Crippen molar-refractivity contribution in [3.8, 4) is 0 Å². The van der Waals surface area contributed by atoms with Crippen LogP contribution in [-0.4, -0.2) is 9.97 Å². The molecule has 1 aromatic heterocycles. The number of aromatic nitrogens is 2. The molecule has 0 saturated heterocycles. The van der Waals surface area contributed by atoms with Gasteiger partial charge in [0.2, 0.25) is 5.95 Å². The van der Waals surface area contributed by atoms with E-state index in [4.69, 9.17) is 17.3 Å². The lowest BCUT2D eigenvalue weighted by atomic mass is 10.3. The van der Waals surface area contributed by atoms with Gasteiger partial charge in [-0.3, -0.25) is 0 Å². The van der Waals surface area contributed by atoms with Gasteiger partial charge >= 0.3 is 0 Å². The molecule has 0 spiro atoms. The maximum Gasteiger partial charge on any atom is 0.222 e. The summed E-state index contributed by atoms with van der Waals surface area (Å²) in [7, 11) is 0. The molecule has 3 N–H and O–H groups in total. The number of aryl methyl sites for hydroxylation is 1. The predicted octanol–water partition coefficient (Wildman–Crippen LogP) is 2.76. The Morgan fingerprint density at radius 1 is 1.25 bits per heavy atom. The summed E-state index contributed by atoms with van der Waals surface area (Å²) in [5.41, 5.74) is 7.16. The van der Waals surface area contributed by atoms with Crippen molar-refractivity contribution in [3.63, 3.8) is 0 Å². The van der Waals surface area contributed by atoms with E-state index < -0.39 is 0 Å². The molecular formula is C11H11ClN4. The van der Waals surface area contributed by atoms with E-state index in [1.165, 1.54) is 0 Å². The number of nitrogens with one attached hydrogen (secondary N) is 1. The summed E-state index contributed by atoms with van der Waals surface area (Å²) in [6.45, 7) is 1.86. The number of hydrogen-bond acceptors (Lipinski definition) is 4. The van der Waals surface area contributed by atoms with Crippen LogP contribution in [0.3, 0.4) is 0 Å². The Balaban J connectivity index is 2.30. The van der Waals surface area contributed by atoms with Gasteiger partial charge in [0.05, 0.1) is 10.7 Å². The number of rotatable bonds is 2. The summed E-state index contributed by atoms with van der Waals surface area (Å²) in [4.78, 5) is 8.06. The standard InChI is InChI=1S/C11H11ClN4/c1-7-6-10(16-11(13)14-7)15-9-5-3-2-4-8(9)12/h2-6H,1H3,(H3,13,14,15,16). The van der Waals surface area contributed by atoms with E-state index in [0.29, 0.717) is 10.8 Å². The van der Waals surface area contributed by atoms with Crippen molar-refractivity contribution in [2.24, 2.45) is 0 Å². The van der Waals surface area contributed by atoms with E-state index in [1.54, 1.807) is 12.1 Å². The first-order chi connectivity index (χ1) is 7.65. The zero-order valence-corrected chi connectivity index (χ0v) is 9.49. The molecule has 1 heterocycles. The van der Waals surface area contributed by atoms with Crippen LogP contribution in [0.25, 0.3) is 0 Å². The van der Waals surface area contributed by atoms with Gasteiger partial charge in [-0.15, -0.1) is 0 Å². The monoisotopic (exact) mass is 234 g/mol. The normalized spacial score (nSPS) is 10.1. The molecule has 0 amide bonds. The van der Waals surface area contributed by atoms with E-state index in [0.717, 1.165) is 11.4 Å². The molecule has 0 atom stereocenters. The van der Waals surface area contributed by atoms with E-state index in [-0.39, 0.29) is 5.95 Å². The first-order valence-corrected chi connectivity index (χ1v) is 5.15. The predicted molar refractivity (Wildman–Crippen MR) is 65.9 cm³/mol. The number of benzene rings is 1. The maximum atomic E-state index is 6.02. The summed E-state index contributed by atoms with van der Waals surface area (Å²) in [5.74, 6) is 0.882. The van der Waals surface area contributed by atoms with Crippen molar-refractivity contribution in [1.82, 2.24) is 9.97 Å². The number of anilines is 3. The molecule has 82 valence electrons. The first-order valence-electron chi connectivity index (χ1n) is 4.78. The fraction of sp³-hybridized carbons (Fsp3) is 0.0909. The zero-order valence-electron chi connectivity index (χ0n) is 8.74. The molecular weight excluding hydrogens is 224 g/mol. The summed E-state index contributed by atoms with van der Waals surface area (Å²) in [5, 5.41) is 3.73. The van der Waals surface area contributed by atoms with Gasteiger partial charge in [-0.2, -0.15) is 4.98 Å². The van der Waals surface area contributed by atoms with Gasteiger partial charge in [0.1, 0.15) is 5.82 Å². The second-order valence-electron chi connectivity index (χ2n) is 3.36. The zero-order chi connectivity index (χ0) is 11.5. The maximum absolute atomic E-state index is 6.02. The van der Waals surface area contributed by atoms with E-state index in [2.05, 4.69) is 15.3 Å². The van der Waals surface area contributed by atoms with Crippen LogP contribution in [0.4, 0.5) is 17.5 Å². The lowest BCUT2D eigenvalue weighted by Gasteiger charge is -2.08. The van der Waals surface area contributed by atoms with Gasteiger partial charge in [-0.1, -0.05) is 23.7 Å². The molecule has 0 bridgehead atoms. The molecule has 5 heteroatoms. The van der Waals surface area contributed by atoms with Crippen LogP contribution in [0.2, 0.25) is 5.02 Å². The Labute approximate surface area is 98.5 Å². The minimum absolute atomic E-state index is 0.245. The van der Waals surface area contributed by atoms with Gasteiger partial charge < -0.3 is 11.1 Å². The van der Waals surface area contributed by atoms with Crippen LogP contribution in [-0.2, 0) is 0 Å². The summed E-state index contributed by atoms with van der Waals surface area (Å²) in [6, 6.07) is 9.25. The third-order valence-corrected chi connectivity index (χ3v) is 2.34. The molecule has 2 rings (SSSR count). The Hall–Kier alpha value is -1.81. The third kappa shape index (κ3) is 2.41. The number of nitrogens with two attached hydrogens (primary N) is 1. The van der Waals surface area contributed by atoms with Crippen LogP contribution in [0, 0.1) is 6.92 Å². The van der Waals surface area contributed by atoms with Gasteiger partial charge in [-0.05, 0) is 19.1 Å². The molecule has 2 aromatic rings. The van der Waals surface area contributed by atoms with Gasteiger partial charge in [0.25, 0.3) is 0 Å². The number of nitrogen functional groups attached to an aromatic ring is 1. The van der Waals surface area contributed by atoms with Gasteiger partial charge in [0, 0.05) is 11.8 Å². The minimum Gasteiger partial charge on any atom is -0.368 e. The second kappa shape index (κ2) is 4.37. The van der Waals surface area contributed by atoms with Crippen molar-refractivity contribution in [3.05, 3.63) is 41.0 Å². The fourth-order valence-corrected chi connectivity index (χ4v) is 1.54. The molecule has 0 aliphatic heterocycles. The van der Waals surface area contributed by atoms with Gasteiger partial charge in [0.15, 0.2) is 0 Å². The molecule has 4 nitrogen and oxygen atoms in total. The van der Waals surface area contributed by atoms with E-state index in [1.807, 2.05) is 25.1 Å². The van der Waals surface area contributed by atoms with Crippen LogP contribution < -0.4 is 11.1 Å². The lowest BCUT2D eigenvalue weighted by molar-refractivity contribution is 1.12. The van der Waals surface area contributed by atoms with Crippen molar-refractivity contribution >= 4 is 29.1 Å². The Morgan fingerprint density at radius 2 is 2.00 bits per heavy atom. The molecule has 0 fully saturated rings. The van der Waals surface area contributed by atoms with Crippen molar-refractivity contribution < 1.29 is 0 Å². The highest BCUT2D eigenvalue weighted by Gasteiger charge is 2.02. The Bertz CT molecular complexity index is 493. The molecule has 0 unspecified atom stereocenters. The number of para-hydroxylation sites is 1. The minimum atomic E-state index is 0.245. The van der Waals surface area contributed by atoms with Gasteiger partial charge in [-0.25, -0.2) is 4.98 Å². The van der Waals surface area contributed by atoms with E-state index in [9.17, 15) is 0 Å². The van der Waals surface area contributed by atoms with Crippen LogP contribution in [0.1, 0.15) is 5.69 Å². The molecule has 0 aliphatic rings. The molecule has 16 heavy (non-hydrogen) atoms. The van der Waals surface area contributed by atoms with Crippen LogP contribution in [0.15, 0.2) is 30.3 Å². The first kappa shape index (κ1) is 10.7. The highest BCUT2D eigenvalue weighted by atomic mass is 35.5. The topological polar surface area (TPSA) is 63.8 Å². The number of nitrogens with zero attached hydrogens (tertiary/aromatic N) is 2. The van der Waals surface area contributed by atoms with Crippen molar-refractivity contribution in [1.29, 1.82) is 0 Å². The molecule has 0 saturated carbocycles. The highest BCUT2D eigenvalue weighted by molar-refractivity contribution is 6.33. The second-order valence-corrected chi connectivity index (χ2v) is 3.76. The summed E-state index contributed by atoms with van der Waals surface area (Å²) >= 11 is 6.02. The average Bonchev–Trinajstić information content (AvgIpc) is 2.20. The third-order valence-electron chi connectivity index (χ3n) is 2.01. The van der Waals surface area contributed by atoms with Crippen LogP contribution >= 0.6 is 11.6 Å². The SMILES string of the molecule is Cc1cc(Nc2ccccc2Cl)nc(N)n1. The molecule has 0 radical (unpaired) electrons. The van der Waals surface area contributed by atoms with Crippen LogP contribution in [0.5, 0.6) is 0 Å². The van der Waals surface area contributed by atoms with Crippen molar-refractivity contribution in [2.75, 3.05) is 11.1 Å². The Kier molecular flexibility index (Phi) is 2.92.